The lowest BCUT2D eigenvalue weighted by Gasteiger charge is -2.29. The van der Waals surface area contributed by atoms with Crippen molar-refractivity contribution >= 4 is 0 Å². The third-order valence-corrected chi connectivity index (χ3v) is 3.93. The van der Waals surface area contributed by atoms with E-state index in [2.05, 4.69) is 16.6 Å². The highest BCUT2D eigenvalue weighted by atomic mass is 16.5. The topological polar surface area (TPSA) is 39.1 Å². The van der Waals surface area contributed by atoms with Gasteiger partial charge in [-0.25, -0.2) is 0 Å². The van der Waals surface area contributed by atoms with Gasteiger partial charge in [-0.1, -0.05) is 0 Å². The highest BCUT2D eigenvalue weighted by Crippen LogP contribution is 2.28. The van der Waals surface area contributed by atoms with Crippen LogP contribution in [-0.2, 0) is 18.2 Å². The molecule has 4 heteroatoms. The van der Waals surface area contributed by atoms with Gasteiger partial charge >= 0.3 is 0 Å². The van der Waals surface area contributed by atoms with Crippen molar-refractivity contribution in [3.05, 3.63) is 18.0 Å². The minimum absolute atomic E-state index is 0.477. The molecule has 2 bridgehead atoms. The summed E-state index contributed by atoms with van der Waals surface area (Å²) in [7, 11) is 1.95. The maximum Gasteiger partial charge on any atom is 0.0604 e. The van der Waals surface area contributed by atoms with Crippen LogP contribution in [0.15, 0.2) is 12.4 Å². The number of aryl methyl sites for hydroxylation is 1. The molecule has 3 heterocycles. The molecule has 1 N–H and O–H groups in total. The molecule has 0 saturated carbocycles. The van der Waals surface area contributed by atoms with Gasteiger partial charge in [-0.3, -0.25) is 4.68 Å². The van der Waals surface area contributed by atoms with Crippen LogP contribution < -0.4 is 5.32 Å². The van der Waals surface area contributed by atoms with E-state index in [0.29, 0.717) is 6.10 Å². The Morgan fingerprint density at radius 3 is 2.82 bits per heavy atom. The first-order valence-electron chi connectivity index (χ1n) is 6.65. The molecule has 0 aliphatic carbocycles. The smallest absolute Gasteiger partial charge is 0.0604 e. The molecule has 3 rings (SSSR count). The van der Waals surface area contributed by atoms with Crippen LogP contribution in [0, 0.1) is 0 Å². The average molecular weight is 235 g/mol. The molecule has 2 aliphatic rings. The third-order valence-electron chi connectivity index (χ3n) is 3.93. The van der Waals surface area contributed by atoms with Crippen LogP contribution in [0.5, 0.6) is 0 Å². The van der Waals surface area contributed by atoms with E-state index in [9.17, 15) is 0 Å². The van der Waals surface area contributed by atoms with Gasteiger partial charge in [0.15, 0.2) is 0 Å². The van der Waals surface area contributed by atoms with Gasteiger partial charge in [0, 0.05) is 25.3 Å². The molecule has 2 unspecified atom stereocenters. The SMILES string of the molecule is Cn1cc(CCOC2CC3CCC(C2)N3)cn1. The number of piperidine rings is 1. The molecule has 2 atom stereocenters. The zero-order valence-corrected chi connectivity index (χ0v) is 10.4. The fourth-order valence-electron chi connectivity index (χ4n) is 3.09. The fourth-order valence-corrected chi connectivity index (χ4v) is 3.09. The Bertz CT molecular complexity index is 364. The summed E-state index contributed by atoms with van der Waals surface area (Å²) < 4.78 is 7.85. The van der Waals surface area contributed by atoms with Crippen LogP contribution in [0.4, 0.5) is 0 Å². The monoisotopic (exact) mass is 235 g/mol. The van der Waals surface area contributed by atoms with E-state index in [0.717, 1.165) is 25.1 Å². The lowest BCUT2D eigenvalue weighted by Crippen LogP contribution is -2.41. The Hall–Kier alpha value is -0.870. The Morgan fingerprint density at radius 2 is 2.18 bits per heavy atom. The van der Waals surface area contributed by atoms with E-state index in [1.165, 1.54) is 31.2 Å². The molecule has 1 aromatic heterocycles. The average Bonchev–Trinajstić information content (AvgIpc) is 2.86. The molecule has 2 saturated heterocycles. The Kier molecular flexibility index (Phi) is 3.16. The second-order valence-electron chi connectivity index (χ2n) is 5.37. The molecule has 0 spiro atoms. The van der Waals surface area contributed by atoms with Crippen LogP contribution in [0.3, 0.4) is 0 Å². The van der Waals surface area contributed by atoms with E-state index in [4.69, 9.17) is 4.74 Å². The summed E-state index contributed by atoms with van der Waals surface area (Å²) in [5.41, 5.74) is 1.27. The lowest BCUT2D eigenvalue weighted by molar-refractivity contribution is 0.0221. The predicted octanol–water partition coefficient (Wildman–Crippen LogP) is 1.26. The molecule has 4 nitrogen and oxygen atoms in total. The Labute approximate surface area is 102 Å². The molecule has 94 valence electrons. The van der Waals surface area contributed by atoms with Crippen molar-refractivity contribution < 1.29 is 4.74 Å². The van der Waals surface area contributed by atoms with E-state index in [1.54, 1.807) is 0 Å². The molecule has 0 radical (unpaired) electrons. The minimum Gasteiger partial charge on any atom is -0.378 e. The molecule has 0 amide bonds. The third kappa shape index (κ3) is 2.69. The van der Waals surface area contributed by atoms with Crippen LogP contribution >= 0.6 is 0 Å². The molecular formula is C13H21N3O. The van der Waals surface area contributed by atoms with Crippen molar-refractivity contribution in [2.24, 2.45) is 7.05 Å². The summed E-state index contributed by atoms with van der Waals surface area (Å²) in [5, 5.41) is 7.81. The molecule has 2 aliphatic heterocycles. The number of hydrogen-bond acceptors (Lipinski definition) is 3. The van der Waals surface area contributed by atoms with Gasteiger partial charge in [0.25, 0.3) is 0 Å². The minimum atomic E-state index is 0.477. The lowest BCUT2D eigenvalue weighted by atomic mass is 10.0. The fraction of sp³-hybridized carbons (Fsp3) is 0.769. The van der Waals surface area contributed by atoms with Crippen molar-refractivity contribution in [2.75, 3.05) is 6.61 Å². The first-order valence-corrected chi connectivity index (χ1v) is 6.65. The van der Waals surface area contributed by atoms with Gasteiger partial charge in [-0.05, 0) is 37.7 Å². The number of aromatic nitrogens is 2. The van der Waals surface area contributed by atoms with Crippen LogP contribution in [0.1, 0.15) is 31.2 Å². The second kappa shape index (κ2) is 4.78. The van der Waals surface area contributed by atoms with Gasteiger partial charge in [0.2, 0.25) is 0 Å². The van der Waals surface area contributed by atoms with E-state index in [-0.39, 0.29) is 0 Å². The van der Waals surface area contributed by atoms with Crippen LogP contribution in [0.2, 0.25) is 0 Å². The summed E-state index contributed by atoms with van der Waals surface area (Å²) >= 11 is 0. The van der Waals surface area contributed by atoms with Gasteiger partial charge in [-0.15, -0.1) is 0 Å². The maximum absolute atomic E-state index is 6.00. The zero-order chi connectivity index (χ0) is 11.7. The van der Waals surface area contributed by atoms with Crippen molar-refractivity contribution in [1.82, 2.24) is 15.1 Å². The van der Waals surface area contributed by atoms with Gasteiger partial charge < -0.3 is 10.1 Å². The number of nitrogens with one attached hydrogen (secondary N) is 1. The van der Waals surface area contributed by atoms with Crippen molar-refractivity contribution in [3.63, 3.8) is 0 Å². The molecular weight excluding hydrogens is 214 g/mol. The maximum atomic E-state index is 6.00. The molecule has 17 heavy (non-hydrogen) atoms. The molecule has 0 aromatic carbocycles. The zero-order valence-electron chi connectivity index (χ0n) is 10.4. The number of ether oxygens (including phenoxy) is 1. The van der Waals surface area contributed by atoms with Gasteiger partial charge in [0.05, 0.1) is 18.9 Å². The van der Waals surface area contributed by atoms with Crippen molar-refractivity contribution in [3.8, 4) is 0 Å². The first-order chi connectivity index (χ1) is 8.29. The number of hydrogen-bond donors (Lipinski definition) is 1. The highest BCUT2D eigenvalue weighted by Gasteiger charge is 2.33. The second-order valence-corrected chi connectivity index (χ2v) is 5.37. The summed E-state index contributed by atoms with van der Waals surface area (Å²) in [5.74, 6) is 0. The summed E-state index contributed by atoms with van der Waals surface area (Å²) in [6.45, 7) is 0.829. The standard InChI is InChI=1S/C13H21N3O/c1-16-9-10(8-14-16)4-5-17-13-6-11-2-3-12(7-13)15-11/h8-9,11-13,15H,2-7H2,1H3. The Balaban J connectivity index is 1.42. The summed E-state index contributed by atoms with van der Waals surface area (Å²) in [6.07, 6.45) is 10.5. The van der Waals surface area contributed by atoms with E-state index in [1.807, 2.05) is 17.9 Å². The van der Waals surface area contributed by atoms with E-state index >= 15 is 0 Å². The normalized spacial score (nSPS) is 31.9. The number of fused-ring (bicyclic) bond motifs is 2. The number of rotatable bonds is 4. The Morgan fingerprint density at radius 1 is 1.41 bits per heavy atom. The van der Waals surface area contributed by atoms with Crippen molar-refractivity contribution in [2.45, 2.75) is 50.3 Å². The van der Waals surface area contributed by atoms with Gasteiger partial charge in [0.1, 0.15) is 0 Å². The highest BCUT2D eigenvalue weighted by molar-refractivity contribution is 5.03. The number of nitrogens with zero attached hydrogens (tertiary/aromatic N) is 2. The van der Waals surface area contributed by atoms with E-state index < -0.39 is 0 Å². The summed E-state index contributed by atoms with van der Waals surface area (Å²) in [6, 6.07) is 1.44. The molecule has 2 fully saturated rings. The van der Waals surface area contributed by atoms with Crippen LogP contribution in [-0.4, -0.2) is 34.6 Å². The molecule has 1 aromatic rings. The largest absolute Gasteiger partial charge is 0.378 e. The van der Waals surface area contributed by atoms with Gasteiger partial charge in [-0.2, -0.15) is 5.10 Å². The van der Waals surface area contributed by atoms with Crippen LogP contribution in [0.25, 0.3) is 0 Å². The van der Waals surface area contributed by atoms with Crippen molar-refractivity contribution in [1.29, 1.82) is 0 Å². The summed E-state index contributed by atoms with van der Waals surface area (Å²) in [4.78, 5) is 0. The predicted molar refractivity (Wildman–Crippen MR) is 65.8 cm³/mol. The quantitative estimate of drug-likeness (QED) is 0.854. The first kappa shape index (κ1) is 11.2.